The zero-order valence-electron chi connectivity index (χ0n) is 10.4. The molecule has 2 atom stereocenters. The van der Waals surface area contributed by atoms with E-state index in [1.165, 1.54) is 0 Å². The topological polar surface area (TPSA) is 61.4 Å². The molecule has 0 radical (unpaired) electrons. The predicted octanol–water partition coefficient (Wildman–Crippen LogP) is 0.984. The lowest BCUT2D eigenvalue weighted by molar-refractivity contribution is -0.123. The molecule has 0 aliphatic carbocycles. The van der Waals surface area contributed by atoms with Crippen LogP contribution in [0.5, 0.6) is 0 Å². The van der Waals surface area contributed by atoms with Gasteiger partial charge >= 0.3 is 0 Å². The second kappa shape index (κ2) is 9.03. The number of aliphatic hydroxyl groups is 1. The summed E-state index contributed by atoms with van der Waals surface area (Å²) in [5.41, 5.74) is 0. The van der Waals surface area contributed by atoms with Gasteiger partial charge in [-0.15, -0.1) is 24.2 Å². The lowest BCUT2D eigenvalue weighted by atomic mass is 9.96. The summed E-state index contributed by atoms with van der Waals surface area (Å²) in [4.78, 5) is 11.7. The quantitative estimate of drug-likeness (QED) is 0.680. The second-order valence-corrected chi connectivity index (χ2v) is 5.19. The number of aliphatic hydroxyl groups excluding tert-OH is 1. The van der Waals surface area contributed by atoms with Crippen LogP contribution < -0.4 is 10.6 Å². The molecule has 0 spiro atoms. The Morgan fingerprint density at radius 2 is 2.18 bits per heavy atom. The SMILES string of the molecule is CCC(CC)C(O)CNC(=O)[C@H]1CSCN1.Cl. The van der Waals surface area contributed by atoms with Gasteiger partial charge in [0.25, 0.3) is 0 Å². The molecular weight excluding hydrogens is 260 g/mol. The van der Waals surface area contributed by atoms with E-state index in [9.17, 15) is 9.90 Å². The number of amides is 1. The van der Waals surface area contributed by atoms with Crippen LogP contribution in [0, 0.1) is 5.92 Å². The van der Waals surface area contributed by atoms with Crippen molar-refractivity contribution in [2.24, 2.45) is 5.92 Å². The summed E-state index contributed by atoms with van der Waals surface area (Å²) in [6.07, 6.45) is 1.48. The Morgan fingerprint density at radius 1 is 1.53 bits per heavy atom. The largest absolute Gasteiger partial charge is 0.391 e. The van der Waals surface area contributed by atoms with Gasteiger partial charge in [-0.05, 0) is 5.92 Å². The van der Waals surface area contributed by atoms with Crippen molar-refractivity contribution in [3.8, 4) is 0 Å². The Balaban J connectivity index is 0.00000256. The maximum absolute atomic E-state index is 11.7. The van der Waals surface area contributed by atoms with Crippen LogP contribution in [-0.2, 0) is 4.79 Å². The lowest BCUT2D eigenvalue weighted by Crippen LogP contribution is -2.45. The fraction of sp³-hybridized carbons (Fsp3) is 0.909. The molecule has 1 aliphatic heterocycles. The highest BCUT2D eigenvalue weighted by molar-refractivity contribution is 7.99. The van der Waals surface area contributed by atoms with Crippen LogP contribution in [0.4, 0.5) is 0 Å². The van der Waals surface area contributed by atoms with Crippen molar-refractivity contribution in [2.45, 2.75) is 38.8 Å². The first-order valence-corrected chi connectivity index (χ1v) is 7.11. The molecule has 0 aromatic heterocycles. The zero-order valence-corrected chi connectivity index (χ0v) is 12.1. The minimum atomic E-state index is -0.423. The standard InChI is InChI=1S/C11H22N2O2S.ClH/c1-3-8(4-2)10(14)5-12-11(15)9-6-16-7-13-9;/h8-10,13-14H,3-7H2,1-2H3,(H,12,15);1H/t9-,10?;/m1./s1. The number of nitrogens with one attached hydrogen (secondary N) is 2. The van der Waals surface area contributed by atoms with Crippen LogP contribution in [0.2, 0.25) is 0 Å². The van der Waals surface area contributed by atoms with Gasteiger partial charge < -0.3 is 10.4 Å². The molecule has 0 saturated carbocycles. The number of hydrogen-bond acceptors (Lipinski definition) is 4. The number of carbonyl (C=O) groups is 1. The van der Waals surface area contributed by atoms with E-state index in [1.54, 1.807) is 11.8 Å². The molecule has 1 saturated heterocycles. The van der Waals surface area contributed by atoms with Crippen LogP contribution in [0.3, 0.4) is 0 Å². The van der Waals surface area contributed by atoms with Gasteiger partial charge in [0, 0.05) is 18.2 Å². The van der Waals surface area contributed by atoms with Crippen LogP contribution in [0.25, 0.3) is 0 Å². The van der Waals surface area contributed by atoms with E-state index in [0.29, 0.717) is 6.54 Å². The van der Waals surface area contributed by atoms with Crippen molar-refractivity contribution < 1.29 is 9.90 Å². The van der Waals surface area contributed by atoms with Crippen molar-refractivity contribution in [3.63, 3.8) is 0 Å². The Bertz CT molecular complexity index is 222. The van der Waals surface area contributed by atoms with Crippen LogP contribution >= 0.6 is 24.2 Å². The average molecular weight is 283 g/mol. The smallest absolute Gasteiger partial charge is 0.238 e. The van der Waals surface area contributed by atoms with Crippen molar-refractivity contribution in [1.29, 1.82) is 0 Å². The summed E-state index contributed by atoms with van der Waals surface area (Å²) in [6, 6.07) is -0.0843. The molecule has 1 amide bonds. The number of carbonyl (C=O) groups excluding carboxylic acids is 1. The van der Waals surface area contributed by atoms with Crippen LogP contribution in [0.15, 0.2) is 0 Å². The first-order valence-electron chi connectivity index (χ1n) is 5.95. The summed E-state index contributed by atoms with van der Waals surface area (Å²) in [5.74, 6) is 1.96. The maximum atomic E-state index is 11.7. The molecular formula is C11H23ClN2O2S. The first kappa shape index (κ1) is 17.0. The molecule has 0 aromatic carbocycles. The lowest BCUT2D eigenvalue weighted by Gasteiger charge is -2.21. The maximum Gasteiger partial charge on any atom is 0.238 e. The van der Waals surface area contributed by atoms with E-state index in [-0.39, 0.29) is 30.3 Å². The monoisotopic (exact) mass is 282 g/mol. The fourth-order valence-electron chi connectivity index (χ4n) is 1.89. The van der Waals surface area contributed by atoms with Gasteiger partial charge in [0.2, 0.25) is 5.91 Å². The van der Waals surface area contributed by atoms with Gasteiger partial charge in [-0.25, -0.2) is 0 Å². The van der Waals surface area contributed by atoms with E-state index in [0.717, 1.165) is 24.5 Å². The van der Waals surface area contributed by atoms with Crippen molar-refractivity contribution in [3.05, 3.63) is 0 Å². The Hall–Kier alpha value is 0.0300. The highest BCUT2D eigenvalue weighted by atomic mass is 35.5. The van der Waals surface area contributed by atoms with Crippen molar-refractivity contribution in [2.75, 3.05) is 18.2 Å². The molecule has 4 nitrogen and oxygen atoms in total. The van der Waals surface area contributed by atoms with Gasteiger partial charge in [0.05, 0.1) is 12.1 Å². The van der Waals surface area contributed by atoms with Gasteiger partial charge in [0.15, 0.2) is 0 Å². The molecule has 1 fully saturated rings. The highest BCUT2D eigenvalue weighted by Crippen LogP contribution is 2.13. The van der Waals surface area contributed by atoms with Crippen molar-refractivity contribution in [1.82, 2.24) is 10.6 Å². The second-order valence-electron chi connectivity index (χ2n) is 4.16. The van der Waals surface area contributed by atoms with E-state index in [1.807, 2.05) is 0 Å². The average Bonchev–Trinajstić information content (AvgIpc) is 2.81. The van der Waals surface area contributed by atoms with E-state index >= 15 is 0 Å². The molecule has 1 rings (SSSR count). The summed E-state index contributed by atoms with van der Waals surface area (Å²) >= 11 is 1.73. The number of halogens is 1. The third-order valence-electron chi connectivity index (χ3n) is 3.11. The minimum absolute atomic E-state index is 0. The van der Waals surface area contributed by atoms with Gasteiger partial charge in [-0.1, -0.05) is 26.7 Å². The third-order valence-corrected chi connectivity index (χ3v) is 4.05. The molecule has 0 bridgehead atoms. The Morgan fingerprint density at radius 3 is 2.65 bits per heavy atom. The fourth-order valence-corrected chi connectivity index (χ4v) is 2.83. The summed E-state index contributed by atoms with van der Waals surface area (Å²) in [7, 11) is 0. The minimum Gasteiger partial charge on any atom is -0.391 e. The molecule has 1 heterocycles. The molecule has 6 heteroatoms. The predicted molar refractivity (Wildman–Crippen MR) is 74.6 cm³/mol. The molecule has 0 aromatic rings. The molecule has 102 valence electrons. The van der Waals surface area contributed by atoms with E-state index < -0.39 is 6.10 Å². The molecule has 1 unspecified atom stereocenters. The summed E-state index contributed by atoms with van der Waals surface area (Å²) in [6.45, 7) is 4.50. The highest BCUT2D eigenvalue weighted by Gasteiger charge is 2.23. The molecule has 17 heavy (non-hydrogen) atoms. The van der Waals surface area contributed by atoms with Crippen LogP contribution in [0.1, 0.15) is 26.7 Å². The number of rotatable bonds is 6. The number of thioether (sulfide) groups is 1. The zero-order chi connectivity index (χ0) is 12.0. The third kappa shape index (κ3) is 5.46. The van der Waals surface area contributed by atoms with E-state index in [2.05, 4.69) is 24.5 Å². The van der Waals surface area contributed by atoms with Gasteiger partial charge in [-0.3, -0.25) is 10.1 Å². The summed E-state index contributed by atoms with van der Waals surface area (Å²) < 4.78 is 0. The first-order chi connectivity index (χ1) is 7.69. The molecule has 3 N–H and O–H groups in total. The van der Waals surface area contributed by atoms with Crippen LogP contribution in [-0.4, -0.2) is 41.3 Å². The summed E-state index contributed by atoms with van der Waals surface area (Å²) in [5, 5.41) is 15.8. The van der Waals surface area contributed by atoms with Crippen molar-refractivity contribution >= 4 is 30.1 Å². The normalized spacial score (nSPS) is 21.1. The van der Waals surface area contributed by atoms with Gasteiger partial charge in [-0.2, -0.15) is 0 Å². The Labute approximate surface area is 114 Å². The van der Waals surface area contributed by atoms with E-state index in [4.69, 9.17) is 0 Å². The Kier molecular flexibility index (Phi) is 9.04. The molecule has 1 aliphatic rings. The number of hydrogen-bond donors (Lipinski definition) is 3. The van der Waals surface area contributed by atoms with Gasteiger partial charge in [0.1, 0.15) is 0 Å².